The van der Waals surface area contributed by atoms with Crippen molar-refractivity contribution in [2.75, 3.05) is 4.90 Å². The van der Waals surface area contributed by atoms with Gasteiger partial charge in [0.05, 0.1) is 10.7 Å². The number of nitriles is 1. The lowest BCUT2D eigenvalue weighted by Crippen LogP contribution is -2.62. The number of amidine groups is 1. The Balaban J connectivity index is 1.77. The Kier molecular flexibility index (Phi) is 5.55. The molecule has 2 aliphatic rings. The molecule has 1 spiro atoms. The van der Waals surface area contributed by atoms with Gasteiger partial charge < -0.3 is 5.73 Å². The molecule has 1 heterocycles. The number of carbonyl (C=O) groups excluding carboxylic acids is 2. The quantitative estimate of drug-likeness (QED) is 0.337. The molecule has 0 radical (unpaired) electrons. The van der Waals surface area contributed by atoms with Crippen LogP contribution in [0, 0.1) is 11.3 Å². The Labute approximate surface area is 206 Å². The zero-order valence-corrected chi connectivity index (χ0v) is 19.5. The number of benzene rings is 3. The summed E-state index contributed by atoms with van der Waals surface area (Å²) in [6.45, 7) is 1.82. The van der Waals surface area contributed by atoms with Crippen molar-refractivity contribution in [3.8, 4) is 6.07 Å². The predicted molar refractivity (Wildman–Crippen MR) is 137 cm³/mol. The zero-order chi connectivity index (χ0) is 24.6. The summed E-state index contributed by atoms with van der Waals surface area (Å²) in [5.74, 6) is -1.03. The summed E-state index contributed by atoms with van der Waals surface area (Å²) < 4.78 is 0. The monoisotopic (exact) mass is 477 g/mol. The highest BCUT2D eigenvalue weighted by Gasteiger charge is 2.63. The minimum absolute atomic E-state index is 0.0421. The van der Waals surface area contributed by atoms with Crippen molar-refractivity contribution >= 4 is 39.9 Å². The molecule has 5 rings (SSSR count). The highest BCUT2D eigenvalue weighted by Crippen LogP contribution is 2.48. The topological polar surface area (TPSA) is 112 Å². The maximum absolute atomic E-state index is 14.0. The molecule has 1 aliphatic heterocycles. The van der Waals surface area contributed by atoms with Crippen LogP contribution < -0.4 is 10.6 Å². The summed E-state index contributed by atoms with van der Waals surface area (Å²) in [7, 11) is 0. The zero-order valence-electron chi connectivity index (χ0n) is 18.7. The molecule has 0 saturated carbocycles. The fourth-order valence-electron chi connectivity index (χ4n) is 4.37. The van der Waals surface area contributed by atoms with E-state index < -0.39 is 17.1 Å². The van der Waals surface area contributed by atoms with E-state index in [1.165, 1.54) is 4.90 Å². The van der Waals surface area contributed by atoms with Crippen LogP contribution in [0.25, 0.3) is 0 Å². The average molecular weight is 478 g/mol. The molecule has 0 atom stereocenters. The smallest absolute Gasteiger partial charge is 0.211 e. The van der Waals surface area contributed by atoms with Gasteiger partial charge in [-0.25, -0.2) is 0 Å². The number of nitrogens with two attached hydrogens (primary N) is 1. The maximum Gasteiger partial charge on any atom is 0.211 e. The molecule has 2 N–H and O–H groups in total. The van der Waals surface area contributed by atoms with E-state index in [1.54, 1.807) is 48.5 Å². The number of hydrogen-bond acceptors (Lipinski definition) is 7. The minimum atomic E-state index is -2.00. The number of anilines is 1. The van der Waals surface area contributed by atoms with Gasteiger partial charge in [0, 0.05) is 16.8 Å². The maximum atomic E-state index is 14.0. The van der Waals surface area contributed by atoms with E-state index in [2.05, 4.69) is 16.3 Å². The lowest BCUT2D eigenvalue weighted by molar-refractivity contribution is 0.0837. The van der Waals surface area contributed by atoms with Crippen LogP contribution in [0.1, 0.15) is 33.2 Å². The minimum Gasteiger partial charge on any atom is -0.392 e. The van der Waals surface area contributed by atoms with E-state index >= 15 is 0 Å². The van der Waals surface area contributed by atoms with Crippen LogP contribution in [0.2, 0.25) is 0 Å². The molecule has 3 aromatic rings. The predicted octanol–water partition coefficient (Wildman–Crippen LogP) is 4.53. The molecule has 7 nitrogen and oxygen atoms in total. The Morgan fingerprint density at radius 3 is 2.03 bits per heavy atom. The van der Waals surface area contributed by atoms with Crippen LogP contribution in [0.4, 0.5) is 5.69 Å². The second-order valence-electron chi connectivity index (χ2n) is 7.97. The van der Waals surface area contributed by atoms with Crippen molar-refractivity contribution in [3.05, 3.63) is 112 Å². The van der Waals surface area contributed by atoms with Gasteiger partial charge in [-0.2, -0.15) is 10.4 Å². The van der Waals surface area contributed by atoms with Gasteiger partial charge in [0.1, 0.15) is 11.6 Å². The van der Waals surface area contributed by atoms with Crippen molar-refractivity contribution in [3.63, 3.8) is 0 Å². The number of fused-ring (bicyclic) bond motifs is 1. The van der Waals surface area contributed by atoms with Crippen LogP contribution in [0.3, 0.4) is 0 Å². The fourth-order valence-corrected chi connectivity index (χ4v) is 5.28. The molecule has 0 unspecified atom stereocenters. The van der Waals surface area contributed by atoms with Crippen molar-refractivity contribution in [1.29, 1.82) is 5.26 Å². The van der Waals surface area contributed by atoms with Crippen molar-refractivity contribution in [2.45, 2.75) is 12.5 Å². The van der Waals surface area contributed by atoms with Crippen LogP contribution in [0.15, 0.2) is 106 Å². The number of rotatable bonds is 3. The second-order valence-corrected chi connectivity index (χ2v) is 8.98. The number of carbonyl (C=O) groups is 2. The van der Waals surface area contributed by atoms with Gasteiger partial charge in [0.2, 0.25) is 17.1 Å². The van der Waals surface area contributed by atoms with Gasteiger partial charge in [-0.1, -0.05) is 72.8 Å². The Morgan fingerprint density at radius 2 is 1.46 bits per heavy atom. The van der Waals surface area contributed by atoms with Gasteiger partial charge in [0.15, 0.2) is 5.17 Å². The van der Waals surface area contributed by atoms with E-state index in [-0.39, 0.29) is 26.9 Å². The third-order valence-electron chi connectivity index (χ3n) is 6.01. The van der Waals surface area contributed by atoms with Gasteiger partial charge in [-0.3, -0.25) is 14.5 Å². The number of Topliss-reactive ketones (excluding diaryl/α,β-unsaturated/α-hetero) is 2. The molecule has 0 amide bonds. The van der Waals surface area contributed by atoms with E-state index in [4.69, 9.17) is 5.73 Å². The Bertz CT molecular complexity index is 1450. The first kappa shape index (κ1) is 22.3. The molecule has 35 heavy (non-hydrogen) atoms. The average Bonchev–Trinajstić information content (AvgIpc) is 3.11. The van der Waals surface area contributed by atoms with Crippen molar-refractivity contribution < 1.29 is 9.59 Å². The number of thioether (sulfide) groups is 1. The standard InChI is InChI=1S/C27H19N5O2S/c1-17(18-10-4-2-5-11-18)30-31-26-32(19-12-6-3-7-13-19)27(22(16-28)25(29)35-26)23(33)20-14-8-9-15-21(20)24(27)34/h2-15H,29H2,1H3/b30-17+,31-26-. The molecule has 0 saturated heterocycles. The number of para-hydroxylation sites is 1. The third kappa shape index (κ3) is 3.36. The molecular weight excluding hydrogens is 458 g/mol. The number of hydrogen-bond donors (Lipinski definition) is 1. The Morgan fingerprint density at radius 1 is 0.914 bits per heavy atom. The lowest BCUT2D eigenvalue weighted by atomic mass is 9.83. The first-order chi connectivity index (χ1) is 17.0. The molecule has 3 aromatic carbocycles. The highest BCUT2D eigenvalue weighted by atomic mass is 32.2. The van der Waals surface area contributed by atoms with E-state index in [0.29, 0.717) is 11.4 Å². The molecule has 170 valence electrons. The summed E-state index contributed by atoms with van der Waals surface area (Å²) in [5, 5.41) is 19.2. The van der Waals surface area contributed by atoms with Crippen LogP contribution in [-0.2, 0) is 0 Å². The summed E-state index contributed by atoms with van der Waals surface area (Å²) in [6.07, 6.45) is 0. The molecule has 8 heteroatoms. The van der Waals surface area contributed by atoms with E-state index in [0.717, 1.165) is 17.3 Å². The highest BCUT2D eigenvalue weighted by molar-refractivity contribution is 8.17. The summed E-state index contributed by atoms with van der Waals surface area (Å²) >= 11 is 1.00. The fraction of sp³-hybridized carbons (Fsp3) is 0.0741. The largest absolute Gasteiger partial charge is 0.392 e. The Hall–Kier alpha value is -4.48. The first-order valence-corrected chi connectivity index (χ1v) is 11.6. The lowest BCUT2D eigenvalue weighted by Gasteiger charge is -2.42. The summed E-state index contributed by atoms with van der Waals surface area (Å²) in [5.41, 5.74) is 6.72. The van der Waals surface area contributed by atoms with Crippen molar-refractivity contribution in [2.24, 2.45) is 15.9 Å². The van der Waals surface area contributed by atoms with E-state index in [1.807, 2.05) is 43.3 Å². The van der Waals surface area contributed by atoms with Crippen LogP contribution >= 0.6 is 11.8 Å². The van der Waals surface area contributed by atoms with Crippen LogP contribution in [0.5, 0.6) is 0 Å². The molecule has 0 fully saturated rings. The molecule has 0 bridgehead atoms. The SMILES string of the molecule is C/C(=N\N=C1/SC(N)=C(C#N)C2(C(=O)c3ccccc3C2=O)N1c1ccccc1)c1ccccc1. The third-order valence-corrected chi connectivity index (χ3v) is 6.88. The summed E-state index contributed by atoms with van der Waals surface area (Å²) in [6, 6.07) is 27.0. The summed E-state index contributed by atoms with van der Waals surface area (Å²) in [4.78, 5) is 29.5. The van der Waals surface area contributed by atoms with Gasteiger partial charge in [-0.15, -0.1) is 5.10 Å². The van der Waals surface area contributed by atoms with Gasteiger partial charge in [0.25, 0.3) is 0 Å². The van der Waals surface area contributed by atoms with E-state index in [9.17, 15) is 14.9 Å². The molecule has 1 aliphatic carbocycles. The molecule has 0 aromatic heterocycles. The second kappa shape index (κ2) is 8.70. The number of ketones is 2. The first-order valence-electron chi connectivity index (χ1n) is 10.8. The normalized spacial score (nSPS) is 18.2. The van der Waals surface area contributed by atoms with Crippen molar-refractivity contribution in [1.82, 2.24) is 0 Å². The van der Waals surface area contributed by atoms with Gasteiger partial charge >= 0.3 is 0 Å². The van der Waals surface area contributed by atoms with Crippen LogP contribution in [-0.4, -0.2) is 28.0 Å². The van der Waals surface area contributed by atoms with Gasteiger partial charge in [-0.05, 0) is 36.4 Å². The number of nitrogens with zero attached hydrogens (tertiary/aromatic N) is 4. The molecular formula is C27H19N5O2S.